The Morgan fingerprint density at radius 1 is 1.27 bits per heavy atom. The van der Waals surface area contributed by atoms with Gasteiger partial charge in [-0.25, -0.2) is 4.39 Å². The normalized spacial score (nSPS) is 13.0. The number of hydrogen-bond donors (Lipinski definition) is 2. The molecule has 0 fully saturated rings. The number of alkyl halides is 3. The summed E-state index contributed by atoms with van der Waals surface area (Å²) in [6.07, 6.45) is 0.471. The quantitative estimate of drug-likeness (QED) is 0.235. The molecular weight excluding hydrogens is 483 g/mol. The zero-order valence-electron chi connectivity index (χ0n) is 18.0. The van der Waals surface area contributed by atoms with Crippen LogP contribution in [0.3, 0.4) is 0 Å². The molecule has 0 radical (unpaired) electrons. The molecule has 2 N–H and O–H groups in total. The molecule has 0 saturated carbocycles. The van der Waals surface area contributed by atoms with Gasteiger partial charge < -0.3 is 21.8 Å². The number of thiophene rings is 1. The molecule has 168 valence electrons. The summed E-state index contributed by atoms with van der Waals surface area (Å²) < 4.78 is 52.1. The molecule has 1 aromatic carbocycles. The van der Waals surface area contributed by atoms with Crippen molar-refractivity contribution in [1.82, 2.24) is 10.3 Å². The summed E-state index contributed by atoms with van der Waals surface area (Å²) in [6, 6.07) is 7.16. The van der Waals surface area contributed by atoms with Crippen molar-refractivity contribution >= 4 is 22.9 Å². The smallest absolute Gasteiger partial charge is 0.560 e. The van der Waals surface area contributed by atoms with E-state index in [4.69, 9.17) is 0 Å². The van der Waals surface area contributed by atoms with Gasteiger partial charge in [-0.05, 0) is 42.6 Å². The van der Waals surface area contributed by atoms with Gasteiger partial charge in [-0.2, -0.15) is 19.2 Å². The fourth-order valence-electron chi connectivity index (χ4n) is 2.70. The first-order chi connectivity index (χ1) is 15.1. The van der Waals surface area contributed by atoms with E-state index in [1.54, 1.807) is 18.3 Å². The minimum absolute atomic E-state index is 0. The second-order valence-corrected chi connectivity index (χ2v) is 7.92. The molecule has 11 heteroatoms. The summed E-state index contributed by atoms with van der Waals surface area (Å²) in [5.74, 6) is -1.16. The van der Waals surface area contributed by atoms with Crippen LogP contribution in [0.15, 0.2) is 59.2 Å². The molecule has 0 spiro atoms. The van der Waals surface area contributed by atoms with Crippen LogP contribution >= 0.6 is 11.3 Å². The Morgan fingerprint density at radius 2 is 2.03 bits per heavy atom. The predicted octanol–water partition coefficient (Wildman–Crippen LogP) is 2.11. The van der Waals surface area contributed by atoms with Gasteiger partial charge in [0.25, 0.3) is 5.91 Å². The number of anilines is 1. The standard InChI is InChI=1S/C22H18F4N4OS.K/c1-13-9-17(12-32-13)28-8-7-27-14(2)18-10-16(4-5-19(18)23)30-21(31)15-3-6-20(29-11-15)22(24,25)26;/h3-6,8-12,14,27H,1-2H3,(H,30,31);/q-2;+1. The van der Waals surface area contributed by atoms with Crippen LogP contribution in [0.4, 0.5) is 23.2 Å². The third-order valence-corrected chi connectivity index (χ3v) is 5.18. The van der Waals surface area contributed by atoms with Crippen molar-refractivity contribution in [1.29, 1.82) is 0 Å². The van der Waals surface area contributed by atoms with Crippen LogP contribution in [0, 0.1) is 18.9 Å². The van der Waals surface area contributed by atoms with Crippen LogP contribution in [0.1, 0.15) is 39.5 Å². The molecule has 1 atom stereocenters. The Bertz CT molecular complexity index is 1190. The van der Waals surface area contributed by atoms with Gasteiger partial charge in [-0.1, -0.05) is 12.3 Å². The van der Waals surface area contributed by atoms with E-state index in [0.29, 0.717) is 0 Å². The minimum atomic E-state index is -4.59. The van der Waals surface area contributed by atoms with E-state index < -0.39 is 29.6 Å². The summed E-state index contributed by atoms with van der Waals surface area (Å²) in [4.78, 5) is 20.9. The topological polar surface area (TPSA) is 66.4 Å². The monoisotopic (exact) mass is 501 g/mol. The molecule has 2 aromatic heterocycles. The van der Waals surface area contributed by atoms with E-state index in [2.05, 4.69) is 26.8 Å². The molecule has 0 aliphatic rings. The number of nitrogens with one attached hydrogen (secondary N) is 2. The van der Waals surface area contributed by atoms with E-state index in [1.807, 2.05) is 18.4 Å². The Morgan fingerprint density at radius 3 is 2.64 bits per heavy atom. The number of hydrogen-bond acceptors (Lipinski definition) is 5. The van der Waals surface area contributed by atoms with Crippen LogP contribution in [0.5, 0.6) is 0 Å². The van der Waals surface area contributed by atoms with Crippen molar-refractivity contribution in [3.63, 3.8) is 0 Å². The average Bonchev–Trinajstić information content (AvgIpc) is 3.17. The van der Waals surface area contributed by atoms with Gasteiger partial charge in [0.1, 0.15) is 11.5 Å². The Hall–Kier alpha value is -1.76. The molecule has 0 bridgehead atoms. The van der Waals surface area contributed by atoms with Crippen LogP contribution in [-0.4, -0.2) is 10.9 Å². The van der Waals surface area contributed by atoms with Crippen molar-refractivity contribution in [3.05, 3.63) is 93.2 Å². The molecule has 0 saturated heterocycles. The summed E-state index contributed by atoms with van der Waals surface area (Å²) in [6.45, 7) is 3.68. The molecule has 3 rings (SSSR count). The predicted molar refractivity (Wildman–Crippen MR) is 113 cm³/mol. The van der Waals surface area contributed by atoms with Crippen molar-refractivity contribution in [2.24, 2.45) is 4.99 Å². The third-order valence-electron chi connectivity index (χ3n) is 4.33. The van der Waals surface area contributed by atoms with Crippen LogP contribution in [-0.2, 0) is 6.18 Å². The van der Waals surface area contributed by atoms with Gasteiger partial charge in [0.05, 0.1) is 5.56 Å². The largest absolute Gasteiger partial charge is 1.00 e. The van der Waals surface area contributed by atoms with E-state index >= 15 is 0 Å². The maximum absolute atomic E-state index is 14.3. The zero-order valence-corrected chi connectivity index (χ0v) is 21.9. The van der Waals surface area contributed by atoms with Gasteiger partial charge >= 0.3 is 57.6 Å². The third kappa shape index (κ3) is 7.90. The number of amides is 1. The van der Waals surface area contributed by atoms with Crippen molar-refractivity contribution in [2.45, 2.75) is 26.1 Å². The average molecular weight is 502 g/mol. The number of benzene rings is 1. The Labute approximate surface area is 234 Å². The number of aryl methyl sites for hydroxylation is 1. The molecule has 0 aliphatic heterocycles. The number of rotatable bonds is 6. The number of pyridine rings is 1. The number of nitrogens with zero attached hydrogens (tertiary/aromatic N) is 2. The Kier molecular flexibility index (Phi) is 10.1. The molecule has 1 unspecified atom stereocenters. The molecule has 33 heavy (non-hydrogen) atoms. The van der Waals surface area contributed by atoms with Gasteiger partial charge in [0, 0.05) is 23.5 Å². The maximum atomic E-state index is 14.3. The fraction of sp³-hybridized carbons (Fsp3) is 0.182. The van der Waals surface area contributed by atoms with Crippen molar-refractivity contribution in [3.8, 4) is 0 Å². The first kappa shape index (κ1) is 27.5. The van der Waals surface area contributed by atoms with Crippen LogP contribution in [0.25, 0.3) is 0 Å². The van der Waals surface area contributed by atoms with E-state index in [0.717, 1.165) is 28.6 Å². The van der Waals surface area contributed by atoms with Crippen LogP contribution < -0.4 is 67.4 Å². The second kappa shape index (κ2) is 12.1. The second-order valence-electron chi connectivity index (χ2n) is 6.80. The zero-order chi connectivity index (χ0) is 23.3. The van der Waals surface area contributed by atoms with Gasteiger partial charge in [-0.15, -0.1) is 11.1 Å². The van der Waals surface area contributed by atoms with Crippen molar-refractivity contribution < 1.29 is 73.7 Å². The van der Waals surface area contributed by atoms with Crippen molar-refractivity contribution in [2.75, 3.05) is 5.32 Å². The fourth-order valence-corrected chi connectivity index (χ4v) is 3.32. The number of carbonyl (C=O) groups excluding carboxylic acids is 1. The molecule has 3 aromatic rings. The van der Waals surface area contributed by atoms with Gasteiger partial charge in [0.15, 0.2) is 0 Å². The first-order valence-corrected chi connectivity index (χ1v) is 10.2. The first-order valence-electron chi connectivity index (χ1n) is 9.36. The van der Waals surface area contributed by atoms with E-state index in [9.17, 15) is 22.4 Å². The summed E-state index contributed by atoms with van der Waals surface area (Å²) in [5, 5.41) is 8.11. The SMILES string of the molecule is Cc1cc(=NC=[C-]NC(C)c2cc(NC(=O)c3ccc(C(F)(F)F)nc3)ccc2F)[cH-]s1.[K+]. The molecule has 0 aliphatic carbocycles. The van der Waals surface area contributed by atoms with E-state index in [-0.39, 0.29) is 68.2 Å². The number of aromatic nitrogens is 1. The summed E-state index contributed by atoms with van der Waals surface area (Å²) >= 11 is 1.57. The maximum Gasteiger partial charge on any atom is 1.00 e. The summed E-state index contributed by atoms with van der Waals surface area (Å²) in [5.41, 5.74) is -0.609. The Balaban J connectivity index is 0.00000385. The van der Waals surface area contributed by atoms with E-state index in [1.165, 1.54) is 24.4 Å². The molecular formula is C22H18F4KN4OS-. The number of halogens is 4. The van der Waals surface area contributed by atoms with Gasteiger partial charge in [0.2, 0.25) is 0 Å². The summed E-state index contributed by atoms with van der Waals surface area (Å²) in [7, 11) is 0. The molecule has 5 nitrogen and oxygen atoms in total. The molecule has 2 heterocycles. The van der Waals surface area contributed by atoms with Gasteiger partial charge in [-0.3, -0.25) is 21.1 Å². The van der Waals surface area contributed by atoms with Crippen LogP contribution in [0.2, 0.25) is 0 Å². The molecule has 1 amide bonds. The number of carbonyl (C=O) groups is 1. The minimum Gasteiger partial charge on any atom is -0.560 e.